The van der Waals surface area contributed by atoms with Gasteiger partial charge in [0.1, 0.15) is 0 Å². The normalized spacial score (nSPS) is 24.1. The molecule has 1 fully saturated rings. The van der Waals surface area contributed by atoms with Crippen LogP contribution in [0.15, 0.2) is 18.2 Å². The van der Waals surface area contributed by atoms with Crippen molar-refractivity contribution in [2.75, 3.05) is 7.05 Å². The molecule has 0 spiro atoms. The molecule has 1 aliphatic rings. The maximum Gasteiger partial charge on any atom is 0.179 e. The molecule has 0 radical (unpaired) electrons. The molecule has 3 atom stereocenters. The standard InChI is InChI=1S/C16H21F2NO2/c1-10(19(2)14-5-3-4-6-15(14)20)16(21)11-7-8-12(17)13(18)9-11/h7-10,14-15,20H,3-6H2,1-2H3. The predicted molar refractivity (Wildman–Crippen MR) is 76.2 cm³/mol. The number of hydrogen-bond donors (Lipinski definition) is 1. The first-order valence-corrected chi connectivity index (χ1v) is 7.31. The van der Waals surface area contributed by atoms with E-state index in [2.05, 4.69) is 0 Å². The van der Waals surface area contributed by atoms with Crippen LogP contribution in [-0.2, 0) is 0 Å². The van der Waals surface area contributed by atoms with Gasteiger partial charge in [0.25, 0.3) is 0 Å². The second-order valence-corrected chi connectivity index (χ2v) is 5.75. The molecule has 0 saturated heterocycles. The van der Waals surface area contributed by atoms with E-state index in [4.69, 9.17) is 0 Å². The minimum Gasteiger partial charge on any atom is -0.391 e. The van der Waals surface area contributed by atoms with E-state index < -0.39 is 23.8 Å². The Bertz CT molecular complexity index is 521. The van der Waals surface area contributed by atoms with E-state index in [1.165, 1.54) is 6.07 Å². The van der Waals surface area contributed by atoms with Crippen LogP contribution in [0.3, 0.4) is 0 Å². The molecular formula is C16H21F2NO2. The molecular weight excluding hydrogens is 276 g/mol. The lowest BCUT2D eigenvalue weighted by Gasteiger charge is -2.38. The number of hydrogen-bond acceptors (Lipinski definition) is 3. The topological polar surface area (TPSA) is 40.5 Å². The lowest BCUT2D eigenvalue weighted by Crippen LogP contribution is -2.49. The van der Waals surface area contributed by atoms with Crippen LogP contribution in [0.1, 0.15) is 43.0 Å². The molecule has 0 amide bonds. The summed E-state index contributed by atoms with van der Waals surface area (Å²) in [5.41, 5.74) is 0.151. The van der Waals surface area contributed by atoms with Crippen LogP contribution in [0.4, 0.5) is 8.78 Å². The Labute approximate surface area is 123 Å². The van der Waals surface area contributed by atoms with Gasteiger partial charge in [0.05, 0.1) is 12.1 Å². The summed E-state index contributed by atoms with van der Waals surface area (Å²) < 4.78 is 26.2. The zero-order valence-corrected chi connectivity index (χ0v) is 12.4. The average Bonchev–Trinajstić information content (AvgIpc) is 2.48. The van der Waals surface area contributed by atoms with Gasteiger partial charge in [0, 0.05) is 11.6 Å². The third-order valence-corrected chi connectivity index (χ3v) is 4.41. The Morgan fingerprint density at radius 1 is 1.29 bits per heavy atom. The molecule has 0 bridgehead atoms. The summed E-state index contributed by atoms with van der Waals surface area (Å²) in [6, 6.07) is 2.63. The summed E-state index contributed by atoms with van der Waals surface area (Å²) in [6.07, 6.45) is 3.16. The van der Waals surface area contributed by atoms with Crippen molar-refractivity contribution in [2.24, 2.45) is 0 Å². The summed E-state index contributed by atoms with van der Waals surface area (Å²) in [6.45, 7) is 1.73. The van der Waals surface area contributed by atoms with Crippen LogP contribution in [0.25, 0.3) is 0 Å². The van der Waals surface area contributed by atoms with Gasteiger partial charge in [-0.05, 0) is 45.0 Å². The summed E-state index contributed by atoms with van der Waals surface area (Å²) in [7, 11) is 1.79. The number of aliphatic hydroxyl groups excluding tert-OH is 1. The lowest BCUT2D eigenvalue weighted by molar-refractivity contribution is 0.0171. The highest BCUT2D eigenvalue weighted by Crippen LogP contribution is 2.24. The molecule has 3 nitrogen and oxygen atoms in total. The second kappa shape index (κ2) is 6.62. The van der Waals surface area contributed by atoms with Gasteiger partial charge in [0.15, 0.2) is 17.4 Å². The van der Waals surface area contributed by atoms with Crippen molar-refractivity contribution in [3.63, 3.8) is 0 Å². The smallest absolute Gasteiger partial charge is 0.179 e. The van der Waals surface area contributed by atoms with Crippen molar-refractivity contribution in [2.45, 2.75) is 50.8 Å². The van der Waals surface area contributed by atoms with Gasteiger partial charge in [-0.3, -0.25) is 9.69 Å². The molecule has 0 aromatic heterocycles. The lowest BCUT2D eigenvalue weighted by atomic mass is 9.90. The molecule has 1 aliphatic carbocycles. The maximum absolute atomic E-state index is 13.2. The van der Waals surface area contributed by atoms with E-state index in [1.54, 1.807) is 14.0 Å². The van der Waals surface area contributed by atoms with E-state index in [0.29, 0.717) is 0 Å². The van der Waals surface area contributed by atoms with Crippen molar-refractivity contribution in [1.82, 2.24) is 4.90 Å². The van der Waals surface area contributed by atoms with E-state index in [0.717, 1.165) is 37.8 Å². The van der Waals surface area contributed by atoms with Crippen molar-refractivity contribution < 1.29 is 18.7 Å². The van der Waals surface area contributed by atoms with Crippen molar-refractivity contribution in [3.05, 3.63) is 35.4 Å². The molecule has 3 unspecified atom stereocenters. The number of aliphatic hydroxyl groups is 1. The molecule has 0 heterocycles. The zero-order valence-electron chi connectivity index (χ0n) is 12.4. The van der Waals surface area contributed by atoms with Gasteiger partial charge in [0.2, 0.25) is 0 Å². The van der Waals surface area contributed by atoms with E-state index >= 15 is 0 Å². The van der Waals surface area contributed by atoms with E-state index in [1.807, 2.05) is 4.90 Å². The van der Waals surface area contributed by atoms with Gasteiger partial charge in [-0.25, -0.2) is 8.78 Å². The van der Waals surface area contributed by atoms with Crippen molar-refractivity contribution in [3.8, 4) is 0 Å². The number of Topliss-reactive ketones (excluding diaryl/α,β-unsaturated/α-hetero) is 1. The van der Waals surface area contributed by atoms with Crippen LogP contribution in [-0.4, -0.2) is 41.0 Å². The quantitative estimate of drug-likeness (QED) is 0.869. The van der Waals surface area contributed by atoms with Crippen molar-refractivity contribution in [1.29, 1.82) is 0 Å². The minimum absolute atomic E-state index is 0.0667. The molecule has 2 rings (SSSR count). The molecule has 0 aliphatic heterocycles. The molecule has 1 N–H and O–H groups in total. The molecule has 116 valence electrons. The first-order chi connectivity index (χ1) is 9.91. The van der Waals surface area contributed by atoms with Crippen LogP contribution in [0.5, 0.6) is 0 Å². The number of carbonyl (C=O) groups is 1. The van der Waals surface area contributed by atoms with Crippen LogP contribution in [0, 0.1) is 11.6 Å². The van der Waals surface area contributed by atoms with Crippen LogP contribution < -0.4 is 0 Å². The second-order valence-electron chi connectivity index (χ2n) is 5.75. The summed E-state index contributed by atoms with van der Waals surface area (Å²) >= 11 is 0. The fourth-order valence-corrected chi connectivity index (χ4v) is 2.93. The van der Waals surface area contributed by atoms with Gasteiger partial charge in [-0.1, -0.05) is 12.8 Å². The SMILES string of the molecule is CC(C(=O)c1ccc(F)c(F)c1)N(C)C1CCCCC1O. The Kier molecular flexibility index (Phi) is 5.06. The monoisotopic (exact) mass is 297 g/mol. The van der Waals surface area contributed by atoms with Gasteiger partial charge >= 0.3 is 0 Å². The van der Waals surface area contributed by atoms with Gasteiger partial charge < -0.3 is 5.11 Å². The first-order valence-electron chi connectivity index (χ1n) is 7.31. The van der Waals surface area contributed by atoms with E-state index in [9.17, 15) is 18.7 Å². The predicted octanol–water partition coefficient (Wildman–Crippen LogP) is 2.77. The molecule has 5 heteroatoms. The van der Waals surface area contributed by atoms with Gasteiger partial charge in [-0.2, -0.15) is 0 Å². The Morgan fingerprint density at radius 2 is 1.95 bits per heavy atom. The summed E-state index contributed by atoms with van der Waals surface area (Å²) in [4.78, 5) is 14.2. The highest BCUT2D eigenvalue weighted by Gasteiger charge is 2.32. The highest BCUT2D eigenvalue weighted by atomic mass is 19.2. The molecule has 1 aromatic rings. The Balaban J connectivity index is 2.12. The highest BCUT2D eigenvalue weighted by molar-refractivity contribution is 5.99. The number of benzene rings is 1. The molecule has 21 heavy (non-hydrogen) atoms. The fourth-order valence-electron chi connectivity index (χ4n) is 2.93. The third-order valence-electron chi connectivity index (χ3n) is 4.41. The van der Waals surface area contributed by atoms with Crippen LogP contribution in [0.2, 0.25) is 0 Å². The average molecular weight is 297 g/mol. The number of ketones is 1. The number of rotatable bonds is 4. The fraction of sp³-hybridized carbons (Fsp3) is 0.562. The summed E-state index contributed by atoms with van der Waals surface area (Å²) in [5, 5.41) is 10.1. The number of halogens is 2. The molecule has 1 aromatic carbocycles. The minimum atomic E-state index is -1.02. The summed E-state index contributed by atoms with van der Waals surface area (Å²) in [5.74, 6) is -2.25. The maximum atomic E-state index is 13.2. The van der Waals surface area contributed by atoms with Gasteiger partial charge in [-0.15, -0.1) is 0 Å². The third kappa shape index (κ3) is 3.47. The zero-order chi connectivity index (χ0) is 15.6. The van der Waals surface area contributed by atoms with Crippen molar-refractivity contribution >= 4 is 5.78 Å². The number of likely N-dealkylation sites (N-methyl/N-ethyl adjacent to an activating group) is 1. The largest absolute Gasteiger partial charge is 0.391 e. The first kappa shape index (κ1) is 16.0. The molecule has 1 saturated carbocycles. The number of carbonyl (C=O) groups excluding carboxylic acids is 1. The number of nitrogens with zero attached hydrogens (tertiary/aromatic N) is 1. The van der Waals surface area contributed by atoms with E-state index in [-0.39, 0.29) is 17.4 Å². The Morgan fingerprint density at radius 3 is 2.57 bits per heavy atom. The van der Waals surface area contributed by atoms with Crippen LogP contribution >= 0.6 is 0 Å². The Hall–Kier alpha value is -1.33.